The highest BCUT2D eigenvalue weighted by molar-refractivity contribution is 5.92. The number of hydrogen-bond donors (Lipinski definition) is 0. The summed E-state index contributed by atoms with van der Waals surface area (Å²) in [6.45, 7) is 4.61. The van der Waals surface area contributed by atoms with Gasteiger partial charge in [0.2, 0.25) is 0 Å². The molecule has 1 unspecified atom stereocenters. The summed E-state index contributed by atoms with van der Waals surface area (Å²) in [5.74, 6) is 0.927. The van der Waals surface area contributed by atoms with Gasteiger partial charge in [0, 0.05) is 38.3 Å². The molecular weight excluding hydrogens is 356 g/mol. The van der Waals surface area contributed by atoms with E-state index in [4.69, 9.17) is 14.8 Å². The molecule has 2 saturated heterocycles. The molecule has 3 aromatic heterocycles. The van der Waals surface area contributed by atoms with Crippen molar-refractivity contribution in [1.82, 2.24) is 24.5 Å². The third kappa shape index (κ3) is 3.20. The van der Waals surface area contributed by atoms with Crippen LogP contribution in [0.1, 0.15) is 28.7 Å². The molecule has 144 valence electrons. The second-order valence-electron chi connectivity index (χ2n) is 7.21. The molecular formula is C20H22N6O2. The summed E-state index contributed by atoms with van der Waals surface area (Å²) in [6, 6.07) is 9.50. The van der Waals surface area contributed by atoms with Crippen molar-refractivity contribution in [3.8, 4) is 0 Å². The normalized spacial score (nSPS) is 20.1. The van der Waals surface area contributed by atoms with E-state index in [2.05, 4.69) is 16.0 Å². The van der Waals surface area contributed by atoms with Gasteiger partial charge in [-0.25, -0.2) is 9.50 Å². The van der Waals surface area contributed by atoms with Crippen LogP contribution in [0, 0.1) is 0 Å². The Hall–Kier alpha value is -3.00. The Kier molecular flexibility index (Phi) is 4.40. The van der Waals surface area contributed by atoms with E-state index in [-0.39, 0.29) is 11.8 Å². The fraction of sp³-hybridized carbons (Fsp3) is 0.400. The van der Waals surface area contributed by atoms with Crippen molar-refractivity contribution >= 4 is 17.2 Å². The van der Waals surface area contributed by atoms with Crippen LogP contribution in [-0.2, 0) is 4.74 Å². The standard InChI is InChI=1S/C20H22N6O2/c27-20(17-3-1-2-7-21-17)25-8-6-15(13-25)19-22-18-5-4-16(14-26(18)23-19)24-9-11-28-12-10-24/h1-5,7,14-15H,6,8-13H2. The lowest BCUT2D eigenvalue weighted by Gasteiger charge is -2.28. The molecule has 0 saturated carbocycles. The summed E-state index contributed by atoms with van der Waals surface area (Å²) in [5, 5.41) is 4.71. The van der Waals surface area contributed by atoms with Gasteiger partial charge in [0.15, 0.2) is 11.5 Å². The van der Waals surface area contributed by atoms with E-state index in [0.29, 0.717) is 18.8 Å². The number of morpholine rings is 1. The minimum absolute atomic E-state index is 0.0264. The first-order valence-corrected chi connectivity index (χ1v) is 9.67. The van der Waals surface area contributed by atoms with Crippen molar-refractivity contribution in [3.63, 3.8) is 0 Å². The lowest BCUT2D eigenvalue weighted by Crippen LogP contribution is -2.36. The number of nitrogens with zero attached hydrogens (tertiary/aromatic N) is 6. The molecule has 0 bridgehead atoms. The van der Waals surface area contributed by atoms with Crippen molar-refractivity contribution in [2.24, 2.45) is 0 Å². The first-order valence-electron chi connectivity index (χ1n) is 9.67. The van der Waals surface area contributed by atoms with Gasteiger partial charge in [-0.2, -0.15) is 5.10 Å². The van der Waals surface area contributed by atoms with Gasteiger partial charge in [0.25, 0.3) is 5.91 Å². The predicted octanol–water partition coefficient (Wildman–Crippen LogP) is 1.59. The van der Waals surface area contributed by atoms with E-state index in [1.54, 1.807) is 12.3 Å². The summed E-state index contributed by atoms with van der Waals surface area (Å²) in [7, 11) is 0. The molecule has 28 heavy (non-hydrogen) atoms. The van der Waals surface area contributed by atoms with E-state index in [0.717, 1.165) is 49.9 Å². The summed E-state index contributed by atoms with van der Waals surface area (Å²) in [6.07, 6.45) is 4.55. The SMILES string of the molecule is O=C(c1ccccn1)N1CCC(c2nc3ccc(N4CCOCC4)cn3n2)C1. The highest BCUT2D eigenvalue weighted by atomic mass is 16.5. The number of ether oxygens (including phenoxy) is 1. The lowest BCUT2D eigenvalue weighted by molar-refractivity contribution is 0.0784. The minimum atomic E-state index is -0.0264. The average molecular weight is 378 g/mol. The number of aromatic nitrogens is 4. The van der Waals surface area contributed by atoms with Crippen LogP contribution < -0.4 is 4.90 Å². The number of anilines is 1. The molecule has 5 heterocycles. The third-order valence-electron chi connectivity index (χ3n) is 5.43. The van der Waals surface area contributed by atoms with Crippen molar-refractivity contribution in [2.75, 3.05) is 44.3 Å². The van der Waals surface area contributed by atoms with Gasteiger partial charge in [-0.3, -0.25) is 9.78 Å². The zero-order valence-corrected chi connectivity index (χ0v) is 15.6. The third-order valence-corrected chi connectivity index (χ3v) is 5.43. The van der Waals surface area contributed by atoms with Crippen LogP contribution in [-0.4, -0.2) is 69.8 Å². The maximum Gasteiger partial charge on any atom is 0.272 e. The molecule has 1 amide bonds. The van der Waals surface area contributed by atoms with E-state index >= 15 is 0 Å². The molecule has 0 N–H and O–H groups in total. The molecule has 2 aliphatic rings. The molecule has 0 spiro atoms. The van der Waals surface area contributed by atoms with Crippen LogP contribution in [0.4, 0.5) is 5.69 Å². The quantitative estimate of drug-likeness (QED) is 0.689. The van der Waals surface area contributed by atoms with Gasteiger partial charge in [-0.15, -0.1) is 0 Å². The maximum atomic E-state index is 12.6. The van der Waals surface area contributed by atoms with Crippen molar-refractivity contribution in [3.05, 3.63) is 54.2 Å². The number of pyridine rings is 2. The minimum Gasteiger partial charge on any atom is -0.378 e. The number of carbonyl (C=O) groups excluding carboxylic acids is 1. The Morgan fingerprint density at radius 2 is 2.00 bits per heavy atom. The summed E-state index contributed by atoms with van der Waals surface area (Å²) >= 11 is 0. The van der Waals surface area contributed by atoms with Crippen molar-refractivity contribution in [2.45, 2.75) is 12.3 Å². The lowest BCUT2D eigenvalue weighted by atomic mass is 10.1. The Morgan fingerprint density at radius 1 is 1.11 bits per heavy atom. The van der Waals surface area contributed by atoms with E-state index in [1.807, 2.05) is 33.8 Å². The van der Waals surface area contributed by atoms with Crippen molar-refractivity contribution in [1.29, 1.82) is 0 Å². The Labute approximate surface area is 162 Å². The van der Waals surface area contributed by atoms with Crippen molar-refractivity contribution < 1.29 is 9.53 Å². The van der Waals surface area contributed by atoms with Gasteiger partial charge < -0.3 is 14.5 Å². The highest BCUT2D eigenvalue weighted by Gasteiger charge is 2.31. The molecule has 8 heteroatoms. The molecule has 0 radical (unpaired) electrons. The van der Waals surface area contributed by atoms with E-state index in [1.165, 1.54) is 0 Å². The maximum absolute atomic E-state index is 12.6. The van der Waals surface area contributed by atoms with Crippen LogP contribution >= 0.6 is 0 Å². The fourth-order valence-electron chi connectivity index (χ4n) is 3.88. The molecule has 3 aromatic rings. The molecule has 0 aliphatic carbocycles. The number of carbonyl (C=O) groups is 1. The summed E-state index contributed by atoms with van der Waals surface area (Å²) in [5.41, 5.74) is 2.45. The van der Waals surface area contributed by atoms with Gasteiger partial charge in [-0.1, -0.05) is 6.07 Å². The fourth-order valence-corrected chi connectivity index (χ4v) is 3.88. The number of likely N-dealkylation sites (tertiary alicyclic amines) is 1. The van der Waals surface area contributed by atoms with E-state index in [9.17, 15) is 4.79 Å². The highest BCUT2D eigenvalue weighted by Crippen LogP contribution is 2.27. The largest absolute Gasteiger partial charge is 0.378 e. The first kappa shape index (κ1) is 17.1. The first-order chi connectivity index (χ1) is 13.8. The molecule has 8 nitrogen and oxygen atoms in total. The Balaban J connectivity index is 1.33. The van der Waals surface area contributed by atoms with Crippen LogP contribution in [0.3, 0.4) is 0 Å². The van der Waals surface area contributed by atoms with Gasteiger partial charge in [0.05, 0.1) is 25.1 Å². The monoisotopic (exact) mass is 378 g/mol. The summed E-state index contributed by atoms with van der Waals surface area (Å²) in [4.78, 5) is 25.6. The molecule has 1 atom stereocenters. The molecule has 5 rings (SSSR count). The smallest absolute Gasteiger partial charge is 0.272 e. The van der Waals surface area contributed by atoms with E-state index < -0.39 is 0 Å². The van der Waals surface area contributed by atoms with Crippen LogP contribution in [0.15, 0.2) is 42.7 Å². The molecule has 2 fully saturated rings. The number of fused-ring (bicyclic) bond motifs is 1. The average Bonchev–Trinajstić information content (AvgIpc) is 3.41. The van der Waals surface area contributed by atoms with Crippen LogP contribution in [0.2, 0.25) is 0 Å². The summed E-state index contributed by atoms with van der Waals surface area (Å²) < 4.78 is 7.28. The Morgan fingerprint density at radius 3 is 2.82 bits per heavy atom. The molecule has 0 aromatic carbocycles. The predicted molar refractivity (Wildman–Crippen MR) is 104 cm³/mol. The zero-order chi connectivity index (χ0) is 18.9. The Bertz CT molecular complexity index is 983. The number of rotatable bonds is 3. The van der Waals surface area contributed by atoms with Gasteiger partial charge in [-0.05, 0) is 30.7 Å². The molecule has 2 aliphatic heterocycles. The number of hydrogen-bond acceptors (Lipinski definition) is 6. The van der Waals surface area contributed by atoms with Gasteiger partial charge >= 0.3 is 0 Å². The zero-order valence-electron chi connectivity index (χ0n) is 15.6. The van der Waals surface area contributed by atoms with Gasteiger partial charge in [0.1, 0.15) is 5.69 Å². The second-order valence-corrected chi connectivity index (χ2v) is 7.21. The second kappa shape index (κ2) is 7.20. The van der Waals surface area contributed by atoms with Crippen LogP contribution in [0.5, 0.6) is 0 Å². The topological polar surface area (TPSA) is 75.9 Å². The number of amides is 1. The van der Waals surface area contributed by atoms with Crippen LogP contribution in [0.25, 0.3) is 5.65 Å².